The summed E-state index contributed by atoms with van der Waals surface area (Å²) in [6.07, 6.45) is 0.754. The maximum atomic E-state index is 11.8. The smallest absolute Gasteiger partial charge is 0.223 e. The highest BCUT2D eigenvalue weighted by atomic mass is 16.3. The number of hydrogen-bond acceptors (Lipinski definition) is 4. The van der Waals surface area contributed by atoms with E-state index in [1.54, 1.807) is 12.1 Å². The molecule has 0 amide bonds. The molecule has 0 fully saturated rings. The molecule has 0 saturated heterocycles. The number of aromatic nitrogens is 1. The van der Waals surface area contributed by atoms with Gasteiger partial charge in [-0.15, -0.1) is 0 Å². The van der Waals surface area contributed by atoms with Crippen molar-refractivity contribution >= 4 is 0 Å². The molecule has 1 aromatic carbocycles. The average Bonchev–Trinajstić information content (AvgIpc) is 2.45. The van der Waals surface area contributed by atoms with E-state index in [9.17, 15) is 15.0 Å². The lowest BCUT2D eigenvalue weighted by Crippen LogP contribution is -2.22. The van der Waals surface area contributed by atoms with E-state index in [1.165, 1.54) is 6.07 Å². The molecule has 2 N–H and O–H groups in total. The van der Waals surface area contributed by atoms with E-state index in [4.69, 9.17) is 0 Å². The summed E-state index contributed by atoms with van der Waals surface area (Å²) in [6.45, 7) is 3.03. The summed E-state index contributed by atoms with van der Waals surface area (Å²) in [6, 6.07) is 8.53. The number of rotatable bonds is 5. The van der Waals surface area contributed by atoms with Gasteiger partial charge in [0.2, 0.25) is 5.43 Å². The third-order valence-electron chi connectivity index (χ3n) is 3.62. The number of aromatic hydroxyl groups is 2. The Balaban J connectivity index is 2.30. The summed E-state index contributed by atoms with van der Waals surface area (Å²) >= 11 is 0. The van der Waals surface area contributed by atoms with Crippen LogP contribution in [0.2, 0.25) is 0 Å². The molecule has 2 aromatic rings. The Morgan fingerprint density at radius 1 is 1.14 bits per heavy atom. The van der Waals surface area contributed by atoms with Crippen LogP contribution in [-0.4, -0.2) is 33.8 Å². The Hall–Kier alpha value is -2.27. The summed E-state index contributed by atoms with van der Waals surface area (Å²) in [4.78, 5) is 13.7. The van der Waals surface area contributed by atoms with Crippen LogP contribution in [0.1, 0.15) is 17.0 Å². The van der Waals surface area contributed by atoms with Crippen molar-refractivity contribution in [1.82, 2.24) is 9.47 Å². The van der Waals surface area contributed by atoms with Gasteiger partial charge in [-0.25, -0.2) is 0 Å². The lowest BCUT2D eigenvalue weighted by atomic mass is 10.1. The molecular formula is C17H22N2O3. The van der Waals surface area contributed by atoms with Crippen molar-refractivity contribution in [2.45, 2.75) is 26.4 Å². The summed E-state index contributed by atoms with van der Waals surface area (Å²) in [5.74, 6) is 0.0687. The van der Waals surface area contributed by atoms with E-state index in [0.29, 0.717) is 18.8 Å². The van der Waals surface area contributed by atoms with Crippen molar-refractivity contribution in [2.75, 3.05) is 14.1 Å². The topological polar surface area (TPSA) is 65.7 Å². The van der Waals surface area contributed by atoms with Gasteiger partial charge in [0.05, 0.1) is 5.69 Å². The fourth-order valence-corrected chi connectivity index (χ4v) is 2.49. The molecule has 0 aliphatic heterocycles. The van der Waals surface area contributed by atoms with Crippen LogP contribution in [0.4, 0.5) is 0 Å². The molecule has 22 heavy (non-hydrogen) atoms. The van der Waals surface area contributed by atoms with E-state index in [2.05, 4.69) is 0 Å². The van der Waals surface area contributed by atoms with E-state index >= 15 is 0 Å². The number of nitrogens with zero attached hydrogens (tertiary/aromatic N) is 2. The second-order valence-electron chi connectivity index (χ2n) is 5.75. The molecule has 5 nitrogen and oxygen atoms in total. The SMILES string of the molecule is Cc1cc(=O)c(O)c(CN(C)C)n1CCc1ccc(O)cc1. The van der Waals surface area contributed by atoms with Gasteiger partial charge in [-0.3, -0.25) is 4.79 Å². The molecule has 0 aliphatic carbocycles. The summed E-state index contributed by atoms with van der Waals surface area (Å²) in [5.41, 5.74) is 2.22. The molecule has 5 heteroatoms. The molecule has 0 spiro atoms. The van der Waals surface area contributed by atoms with Gasteiger partial charge in [0.15, 0.2) is 5.75 Å². The first-order valence-electron chi connectivity index (χ1n) is 7.23. The Labute approximate surface area is 130 Å². The quantitative estimate of drug-likeness (QED) is 0.885. The Morgan fingerprint density at radius 3 is 2.36 bits per heavy atom. The lowest BCUT2D eigenvalue weighted by molar-refractivity contribution is 0.362. The minimum absolute atomic E-state index is 0.176. The zero-order valence-electron chi connectivity index (χ0n) is 13.2. The number of pyridine rings is 1. The standard InChI is InChI=1S/C17H22N2O3/c1-12-10-16(21)17(22)15(11-18(2)3)19(12)9-8-13-4-6-14(20)7-5-13/h4-7,10,20,22H,8-9,11H2,1-3H3. The van der Waals surface area contributed by atoms with Gasteiger partial charge < -0.3 is 19.7 Å². The Morgan fingerprint density at radius 2 is 1.77 bits per heavy atom. The van der Waals surface area contributed by atoms with Crippen LogP contribution >= 0.6 is 0 Å². The number of aryl methyl sites for hydroxylation is 2. The van der Waals surface area contributed by atoms with Crippen molar-refractivity contribution in [1.29, 1.82) is 0 Å². The van der Waals surface area contributed by atoms with Crippen molar-refractivity contribution in [3.63, 3.8) is 0 Å². The first-order valence-corrected chi connectivity index (χ1v) is 7.23. The molecule has 2 rings (SSSR count). The second kappa shape index (κ2) is 6.66. The Kier molecular flexibility index (Phi) is 4.88. The highest BCUT2D eigenvalue weighted by molar-refractivity contribution is 5.30. The molecule has 1 heterocycles. The number of benzene rings is 1. The highest BCUT2D eigenvalue weighted by Crippen LogP contribution is 2.17. The fourth-order valence-electron chi connectivity index (χ4n) is 2.49. The first kappa shape index (κ1) is 16.1. The molecule has 1 aromatic heterocycles. The van der Waals surface area contributed by atoms with Crippen LogP contribution in [0.25, 0.3) is 0 Å². The van der Waals surface area contributed by atoms with Crippen molar-refractivity contribution < 1.29 is 10.2 Å². The molecule has 0 radical (unpaired) electrons. The van der Waals surface area contributed by atoms with E-state index in [0.717, 1.165) is 17.7 Å². The van der Waals surface area contributed by atoms with Gasteiger partial charge in [0, 0.05) is 24.8 Å². The molecule has 0 bridgehead atoms. The van der Waals surface area contributed by atoms with Gasteiger partial charge >= 0.3 is 0 Å². The second-order valence-corrected chi connectivity index (χ2v) is 5.75. The molecule has 0 saturated carbocycles. The first-order chi connectivity index (χ1) is 10.4. The van der Waals surface area contributed by atoms with Crippen LogP contribution in [0.5, 0.6) is 11.5 Å². The summed E-state index contributed by atoms with van der Waals surface area (Å²) in [5, 5.41) is 19.4. The Bertz CT molecular complexity index is 703. The van der Waals surface area contributed by atoms with Crippen LogP contribution < -0.4 is 5.43 Å². The van der Waals surface area contributed by atoms with Gasteiger partial charge in [-0.1, -0.05) is 12.1 Å². The van der Waals surface area contributed by atoms with Crippen molar-refractivity contribution in [3.05, 3.63) is 57.5 Å². The molecule has 118 valence electrons. The number of hydrogen-bond donors (Lipinski definition) is 2. The highest BCUT2D eigenvalue weighted by Gasteiger charge is 2.13. The summed E-state index contributed by atoms with van der Waals surface area (Å²) < 4.78 is 1.98. The van der Waals surface area contributed by atoms with E-state index < -0.39 is 0 Å². The van der Waals surface area contributed by atoms with Crippen LogP contribution in [-0.2, 0) is 19.5 Å². The third-order valence-corrected chi connectivity index (χ3v) is 3.62. The minimum Gasteiger partial charge on any atom is -0.508 e. The van der Waals surface area contributed by atoms with Crippen LogP contribution in [0.3, 0.4) is 0 Å². The van der Waals surface area contributed by atoms with Gasteiger partial charge in [0.25, 0.3) is 0 Å². The monoisotopic (exact) mass is 302 g/mol. The maximum Gasteiger partial charge on any atom is 0.223 e. The molecule has 0 unspecified atom stereocenters. The maximum absolute atomic E-state index is 11.8. The third kappa shape index (κ3) is 3.68. The molecule has 0 atom stereocenters. The average molecular weight is 302 g/mol. The van der Waals surface area contributed by atoms with Crippen LogP contribution in [0, 0.1) is 6.92 Å². The normalized spacial score (nSPS) is 11.1. The number of phenolic OH excluding ortho intramolecular Hbond substituents is 1. The minimum atomic E-state index is -0.338. The van der Waals surface area contributed by atoms with Crippen LogP contribution in [0.15, 0.2) is 35.1 Å². The molecular weight excluding hydrogens is 280 g/mol. The lowest BCUT2D eigenvalue weighted by Gasteiger charge is -2.20. The van der Waals surface area contributed by atoms with E-state index in [-0.39, 0.29) is 16.9 Å². The van der Waals surface area contributed by atoms with Gasteiger partial charge in [-0.2, -0.15) is 0 Å². The summed E-state index contributed by atoms with van der Waals surface area (Å²) in [7, 11) is 3.80. The zero-order chi connectivity index (χ0) is 16.3. The van der Waals surface area contributed by atoms with Gasteiger partial charge in [-0.05, 0) is 45.1 Å². The van der Waals surface area contributed by atoms with E-state index in [1.807, 2.05) is 42.6 Å². The largest absolute Gasteiger partial charge is 0.508 e. The zero-order valence-corrected chi connectivity index (χ0v) is 13.2. The van der Waals surface area contributed by atoms with Crippen molar-refractivity contribution in [3.8, 4) is 11.5 Å². The fraction of sp³-hybridized carbons (Fsp3) is 0.353. The number of phenols is 1. The van der Waals surface area contributed by atoms with Gasteiger partial charge in [0.1, 0.15) is 5.75 Å². The predicted octanol–water partition coefficient (Wildman–Crippen LogP) is 1.87. The predicted molar refractivity (Wildman–Crippen MR) is 86.3 cm³/mol. The van der Waals surface area contributed by atoms with Crippen molar-refractivity contribution in [2.24, 2.45) is 0 Å². The molecule has 0 aliphatic rings.